The van der Waals surface area contributed by atoms with Crippen LogP contribution in [0.4, 0.5) is 0 Å². The summed E-state index contributed by atoms with van der Waals surface area (Å²) in [6.45, 7) is 3.51. The van der Waals surface area contributed by atoms with Crippen molar-refractivity contribution in [2.45, 2.75) is 56.2 Å². The van der Waals surface area contributed by atoms with Gasteiger partial charge in [-0.3, -0.25) is 9.59 Å². The molecule has 1 amide bonds. The zero-order valence-electron chi connectivity index (χ0n) is 19.2. The van der Waals surface area contributed by atoms with Crippen molar-refractivity contribution in [1.82, 2.24) is 10.0 Å². The van der Waals surface area contributed by atoms with Crippen molar-refractivity contribution in [2.24, 2.45) is 0 Å². The van der Waals surface area contributed by atoms with Gasteiger partial charge in [0.25, 0.3) is 5.91 Å². The fraction of sp³-hybridized carbons (Fsp3) is 0.417. The van der Waals surface area contributed by atoms with Gasteiger partial charge >= 0.3 is 5.97 Å². The zero-order valence-corrected chi connectivity index (χ0v) is 20.8. The Morgan fingerprint density at radius 3 is 2.18 bits per heavy atom. The molecule has 0 aliphatic heterocycles. The lowest BCUT2D eigenvalue weighted by atomic mass is 10.0. The first kappa shape index (κ1) is 26.9. The summed E-state index contributed by atoms with van der Waals surface area (Å²) in [6.07, 6.45) is 2.64. The molecule has 2 aromatic rings. The molecular formula is C24H32N2O5S2. The van der Waals surface area contributed by atoms with Gasteiger partial charge in [0.2, 0.25) is 10.0 Å². The summed E-state index contributed by atoms with van der Waals surface area (Å²) in [6, 6.07) is 16.1. The topological polar surface area (TPSA) is 102 Å². The number of carbonyl (C=O) groups is 2. The number of ether oxygens (including phenoxy) is 1. The highest BCUT2D eigenvalue weighted by Crippen LogP contribution is 2.19. The number of hydrogen-bond donors (Lipinski definition) is 2. The molecule has 0 saturated carbocycles. The van der Waals surface area contributed by atoms with Gasteiger partial charge in [-0.2, -0.15) is 16.5 Å². The predicted molar refractivity (Wildman–Crippen MR) is 131 cm³/mol. The molecular weight excluding hydrogens is 460 g/mol. The molecule has 0 bridgehead atoms. The predicted octanol–water partition coefficient (Wildman–Crippen LogP) is 3.68. The maximum absolute atomic E-state index is 12.8. The molecule has 2 aromatic carbocycles. The van der Waals surface area contributed by atoms with E-state index < -0.39 is 34.0 Å². The van der Waals surface area contributed by atoms with E-state index in [0.29, 0.717) is 5.75 Å². The van der Waals surface area contributed by atoms with E-state index in [0.717, 1.165) is 18.4 Å². The monoisotopic (exact) mass is 492 g/mol. The number of amides is 1. The minimum atomic E-state index is -3.91. The molecule has 2 rings (SSSR count). The van der Waals surface area contributed by atoms with E-state index in [2.05, 4.69) is 10.0 Å². The van der Waals surface area contributed by atoms with E-state index >= 15 is 0 Å². The average molecular weight is 493 g/mol. The summed E-state index contributed by atoms with van der Waals surface area (Å²) < 4.78 is 33.2. The first-order valence-electron chi connectivity index (χ1n) is 10.9. The fourth-order valence-electron chi connectivity index (χ4n) is 3.21. The largest absolute Gasteiger partial charge is 0.451 e. The van der Waals surface area contributed by atoms with E-state index in [4.69, 9.17) is 4.74 Å². The quantitative estimate of drug-likeness (QED) is 0.414. The molecule has 7 nitrogen and oxygen atoms in total. The third-order valence-corrected chi connectivity index (χ3v) is 7.14. The second kappa shape index (κ2) is 13.4. The Bertz CT molecular complexity index is 984. The van der Waals surface area contributed by atoms with E-state index in [1.165, 1.54) is 30.8 Å². The first-order valence-corrected chi connectivity index (χ1v) is 13.8. The average Bonchev–Trinajstić information content (AvgIpc) is 2.82. The van der Waals surface area contributed by atoms with Gasteiger partial charge in [0.1, 0.15) is 6.04 Å². The lowest BCUT2D eigenvalue weighted by molar-refractivity contribution is -0.156. The van der Waals surface area contributed by atoms with Crippen LogP contribution >= 0.6 is 11.8 Å². The van der Waals surface area contributed by atoms with Crippen LogP contribution in [0, 0.1) is 0 Å². The first-order chi connectivity index (χ1) is 15.8. The van der Waals surface area contributed by atoms with Crippen LogP contribution < -0.4 is 10.0 Å². The molecule has 0 radical (unpaired) electrons. The number of thioether (sulfide) groups is 1. The van der Waals surface area contributed by atoms with Crippen LogP contribution in [0.15, 0.2) is 65.6 Å². The minimum absolute atomic E-state index is 0.0583. The molecule has 0 saturated heterocycles. The number of benzene rings is 2. The number of rotatable bonds is 13. The summed E-state index contributed by atoms with van der Waals surface area (Å²) in [5.74, 6) is -0.664. The zero-order chi connectivity index (χ0) is 24.3. The van der Waals surface area contributed by atoms with Gasteiger partial charge in [0.05, 0.1) is 10.9 Å². The van der Waals surface area contributed by atoms with Gasteiger partial charge in [-0.25, -0.2) is 8.42 Å². The van der Waals surface area contributed by atoms with Gasteiger partial charge in [-0.05, 0) is 49.5 Å². The molecule has 0 heterocycles. The van der Waals surface area contributed by atoms with Crippen molar-refractivity contribution >= 4 is 33.7 Å². The maximum Gasteiger partial charge on any atom is 0.324 e. The van der Waals surface area contributed by atoms with Crippen molar-refractivity contribution in [1.29, 1.82) is 0 Å². The van der Waals surface area contributed by atoms with Gasteiger partial charge in [0.15, 0.2) is 6.10 Å². The summed E-state index contributed by atoms with van der Waals surface area (Å²) in [5, 5.41) is 2.94. The summed E-state index contributed by atoms with van der Waals surface area (Å²) in [7, 11) is -3.91. The third-order valence-electron chi connectivity index (χ3n) is 5.00. The standard InChI is InChI=1S/C24H32N2O5S2/c1-4-11-21(19-12-7-5-8-13-19)25-23(27)18(2)31-24(28)22(16-17-32-3)26-33(29,30)20-14-9-6-10-15-20/h5-10,12-15,18,21-22,26H,4,11,16-17H2,1-3H3,(H,25,27). The molecule has 9 heteroatoms. The van der Waals surface area contributed by atoms with Gasteiger partial charge in [-0.15, -0.1) is 0 Å². The van der Waals surface area contributed by atoms with E-state index in [-0.39, 0.29) is 17.4 Å². The number of nitrogens with one attached hydrogen (secondary N) is 2. The highest BCUT2D eigenvalue weighted by molar-refractivity contribution is 7.98. The molecule has 180 valence electrons. The molecule has 3 atom stereocenters. The summed E-state index contributed by atoms with van der Waals surface area (Å²) >= 11 is 1.48. The van der Waals surface area contributed by atoms with Crippen molar-refractivity contribution in [2.75, 3.05) is 12.0 Å². The number of hydrogen-bond acceptors (Lipinski definition) is 6. The Hall–Kier alpha value is -2.36. The van der Waals surface area contributed by atoms with Gasteiger partial charge in [0, 0.05) is 0 Å². The van der Waals surface area contributed by atoms with Crippen LogP contribution in [0.2, 0.25) is 0 Å². The number of esters is 1. The SMILES string of the molecule is CCCC(NC(=O)C(C)OC(=O)C(CCSC)NS(=O)(=O)c1ccccc1)c1ccccc1. The number of sulfonamides is 1. The van der Waals surface area contributed by atoms with E-state index in [9.17, 15) is 18.0 Å². The second-order valence-electron chi connectivity index (χ2n) is 7.61. The molecule has 2 N–H and O–H groups in total. The van der Waals surface area contributed by atoms with Crippen molar-refractivity contribution < 1.29 is 22.7 Å². The fourth-order valence-corrected chi connectivity index (χ4v) is 4.92. The third kappa shape index (κ3) is 8.49. The summed E-state index contributed by atoms with van der Waals surface area (Å²) in [4.78, 5) is 25.6. The van der Waals surface area contributed by atoms with Crippen LogP contribution in [-0.2, 0) is 24.3 Å². The van der Waals surface area contributed by atoms with E-state index in [1.807, 2.05) is 43.5 Å². The minimum Gasteiger partial charge on any atom is -0.451 e. The maximum atomic E-state index is 12.8. The van der Waals surface area contributed by atoms with Gasteiger partial charge in [-0.1, -0.05) is 61.9 Å². The Morgan fingerprint density at radius 1 is 1.00 bits per heavy atom. The van der Waals surface area contributed by atoms with Crippen molar-refractivity contribution in [3.05, 3.63) is 66.2 Å². The Balaban J connectivity index is 2.06. The lowest BCUT2D eigenvalue weighted by Crippen LogP contribution is -2.45. The van der Waals surface area contributed by atoms with Crippen LogP contribution in [0.25, 0.3) is 0 Å². The second-order valence-corrected chi connectivity index (χ2v) is 10.3. The number of carbonyl (C=O) groups excluding carboxylic acids is 2. The molecule has 3 unspecified atom stereocenters. The lowest BCUT2D eigenvalue weighted by Gasteiger charge is -2.23. The highest BCUT2D eigenvalue weighted by Gasteiger charge is 2.30. The Labute approximate surface area is 200 Å². The Morgan fingerprint density at radius 2 is 1.61 bits per heavy atom. The molecule has 0 spiro atoms. The Kier molecular flexibility index (Phi) is 10.9. The molecule has 0 fully saturated rings. The summed E-state index contributed by atoms with van der Waals surface area (Å²) in [5.41, 5.74) is 0.972. The molecule has 0 aliphatic rings. The van der Waals surface area contributed by atoms with Crippen LogP contribution in [0.5, 0.6) is 0 Å². The smallest absolute Gasteiger partial charge is 0.324 e. The van der Waals surface area contributed by atoms with Crippen LogP contribution in [0.1, 0.15) is 44.7 Å². The van der Waals surface area contributed by atoms with Crippen molar-refractivity contribution in [3.63, 3.8) is 0 Å². The van der Waals surface area contributed by atoms with Gasteiger partial charge < -0.3 is 10.1 Å². The molecule has 0 aromatic heterocycles. The van der Waals surface area contributed by atoms with Crippen LogP contribution in [-0.4, -0.2) is 44.4 Å². The van der Waals surface area contributed by atoms with Crippen LogP contribution in [0.3, 0.4) is 0 Å². The molecule has 33 heavy (non-hydrogen) atoms. The molecule has 0 aliphatic carbocycles. The van der Waals surface area contributed by atoms with Crippen molar-refractivity contribution in [3.8, 4) is 0 Å². The normalized spacial score (nSPS) is 14.2. The van der Waals surface area contributed by atoms with E-state index in [1.54, 1.807) is 18.2 Å². The highest BCUT2D eigenvalue weighted by atomic mass is 32.2.